The van der Waals surface area contributed by atoms with Crippen LogP contribution >= 0.6 is 0 Å². The Morgan fingerprint density at radius 3 is 3.00 bits per heavy atom. The number of nitrogens with two attached hydrogens (primary N) is 1. The van der Waals surface area contributed by atoms with Gasteiger partial charge in [0.25, 0.3) is 0 Å². The van der Waals surface area contributed by atoms with Crippen LogP contribution in [0.4, 0.5) is 0 Å². The predicted octanol–water partition coefficient (Wildman–Crippen LogP) is 0.758. The predicted molar refractivity (Wildman–Crippen MR) is 58.1 cm³/mol. The van der Waals surface area contributed by atoms with Gasteiger partial charge in [0.05, 0.1) is 6.54 Å². The van der Waals surface area contributed by atoms with E-state index in [0.717, 1.165) is 26.1 Å². The number of carboxylic acids is 1. The van der Waals surface area contributed by atoms with Gasteiger partial charge in [0, 0.05) is 6.54 Å². The van der Waals surface area contributed by atoms with Crippen molar-refractivity contribution < 1.29 is 14.3 Å². The molecule has 1 aliphatic heterocycles. The maximum atomic E-state index is 10.6. The fraction of sp³-hybridized carbons (Fsp3) is 0.545. The highest BCUT2D eigenvalue weighted by Gasteiger charge is 2.22. The van der Waals surface area contributed by atoms with Crippen molar-refractivity contribution in [3.63, 3.8) is 0 Å². The number of carboxylic acid groups (broad SMARTS) is 1. The number of hydrogen-bond acceptors (Lipinski definition) is 4. The van der Waals surface area contributed by atoms with Crippen LogP contribution in [-0.4, -0.2) is 35.6 Å². The van der Waals surface area contributed by atoms with E-state index in [4.69, 9.17) is 15.3 Å². The van der Waals surface area contributed by atoms with Crippen molar-refractivity contribution in [2.45, 2.75) is 13.0 Å². The molecular formula is C11H16N2O3. The fourth-order valence-corrected chi connectivity index (χ4v) is 2.05. The molecule has 1 aromatic heterocycles. The normalized spacial score (nSPS) is 21.4. The zero-order valence-corrected chi connectivity index (χ0v) is 9.06. The molecule has 0 aromatic carbocycles. The second-order valence-corrected chi connectivity index (χ2v) is 4.20. The molecule has 1 aromatic rings. The van der Waals surface area contributed by atoms with Gasteiger partial charge in [0.2, 0.25) is 5.76 Å². The molecule has 88 valence electrons. The minimum Gasteiger partial charge on any atom is -0.475 e. The van der Waals surface area contributed by atoms with Crippen LogP contribution in [0.3, 0.4) is 0 Å². The van der Waals surface area contributed by atoms with Crippen LogP contribution in [0.25, 0.3) is 0 Å². The summed E-state index contributed by atoms with van der Waals surface area (Å²) in [6.07, 6.45) is 1.11. The third-order valence-corrected chi connectivity index (χ3v) is 2.96. The molecule has 5 heteroatoms. The fourth-order valence-electron chi connectivity index (χ4n) is 2.05. The number of rotatable bonds is 4. The van der Waals surface area contributed by atoms with Crippen molar-refractivity contribution in [3.8, 4) is 0 Å². The first-order valence-electron chi connectivity index (χ1n) is 5.43. The Balaban J connectivity index is 1.92. The summed E-state index contributed by atoms with van der Waals surface area (Å²) in [6, 6.07) is 3.22. The Morgan fingerprint density at radius 2 is 2.44 bits per heavy atom. The van der Waals surface area contributed by atoms with Crippen molar-refractivity contribution in [2.24, 2.45) is 11.7 Å². The zero-order chi connectivity index (χ0) is 11.5. The van der Waals surface area contributed by atoms with Gasteiger partial charge in [-0.3, -0.25) is 4.90 Å². The summed E-state index contributed by atoms with van der Waals surface area (Å²) in [6.45, 7) is 3.36. The van der Waals surface area contributed by atoms with Crippen LogP contribution in [0, 0.1) is 5.92 Å². The maximum Gasteiger partial charge on any atom is 0.371 e. The summed E-state index contributed by atoms with van der Waals surface area (Å²) < 4.78 is 5.20. The number of carbonyl (C=O) groups is 1. The molecule has 2 rings (SSSR count). The molecule has 0 spiro atoms. The van der Waals surface area contributed by atoms with Gasteiger partial charge >= 0.3 is 5.97 Å². The van der Waals surface area contributed by atoms with E-state index >= 15 is 0 Å². The molecule has 16 heavy (non-hydrogen) atoms. The largest absolute Gasteiger partial charge is 0.475 e. The van der Waals surface area contributed by atoms with E-state index in [1.807, 2.05) is 0 Å². The van der Waals surface area contributed by atoms with Crippen molar-refractivity contribution in [3.05, 3.63) is 23.7 Å². The van der Waals surface area contributed by atoms with Crippen LogP contribution in [0.1, 0.15) is 22.7 Å². The zero-order valence-electron chi connectivity index (χ0n) is 9.06. The average Bonchev–Trinajstić information content (AvgIpc) is 2.87. The summed E-state index contributed by atoms with van der Waals surface area (Å²) >= 11 is 0. The van der Waals surface area contributed by atoms with Crippen LogP contribution in [0.2, 0.25) is 0 Å². The SMILES string of the molecule is NCC1CCN(Cc2ccc(C(=O)O)o2)C1. The van der Waals surface area contributed by atoms with E-state index in [1.54, 1.807) is 6.07 Å². The highest BCUT2D eigenvalue weighted by Crippen LogP contribution is 2.18. The summed E-state index contributed by atoms with van der Waals surface area (Å²) in [5, 5.41) is 8.72. The Labute approximate surface area is 93.8 Å². The molecule has 0 saturated carbocycles. The second kappa shape index (κ2) is 4.67. The van der Waals surface area contributed by atoms with Gasteiger partial charge < -0.3 is 15.3 Å². The molecule has 1 unspecified atom stereocenters. The lowest BCUT2D eigenvalue weighted by atomic mass is 10.1. The van der Waals surface area contributed by atoms with E-state index in [9.17, 15) is 4.79 Å². The molecule has 1 atom stereocenters. The minimum absolute atomic E-state index is 0.00423. The Morgan fingerprint density at radius 1 is 1.62 bits per heavy atom. The van der Waals surface area contributed by atoms with Gasteiger partial charge in [-0.2, -0.15) is 0 Å². The van der Waals surface area contributed by atoms with Crippen LogP contribution in [-0.2, 0) is 6.54 Å². The van der Waals surface area contributed by atoms with Gasteiger partial charge in [0.15, 0.2) is 0 Å². The summed E-state index contributed by atoms with van der Waals surface area (Å²) in [5.41, 5.74) is 5.61. The summed E-state index contributed by atoms with van der Waals surface area (Å²) in [7, 11) is 0. The average molecular weight is 224 g/mol. The maximum absolute atomic E-state index is 10.6. The molecule has 0 amide bonds. The van der Waals surface area contributed by atoms with Crippen LogP contribution < -0.4 is 5.73 Å². The Hall–Kier alpha value is -1.33. The van der Waals surface area contributed by atoms with E-state index < -0.39 is 5.97 Å². The number of aromatic carboxylic acids is 1. The molecule has 2 heterocycles. The number of likely N-dealkylation sites (tertiary alicyclic amines) is 1. The molecule has 3 N–H and O–H groups in total. The highest BCUT2D eigenvalue weighted by atomic mass is 16.4. The van der Waals surface area contributed by atoms with Gasteiger partial charge in [-0.25, -0.2) is 4.79 Å². The van der Waals surface area contributed by atoms with E-state index in [1.165, 1.54) is 6.07 Å². The van der Waals surface area contributed by atoms with Crippen molar-refractivity contribution in [1.29, 1.82) is 0 Å². The van der Waals surface area contributed by atoms with E-state index in [0.29, 0.717) is 18.2 Å². The van der Waals surface area contributed by atoms with Gasteiger partial charge in [0.1, 0.15) is 5.76 Å². The standard InChI is InChI=1S/C11H16N2O3/c12-5-8-3-4-13(6-8)7-9-1-2-10(16-9)11(14)15/h1-2,8H,3-7,12H2,(H,14,15). The van der Waals surface area contributed by atoms with Crippen molar-refractivity contribution in [2.75, 3.05) is 19.6 Å². The first-order chi connectivity index (χ1) is 7.69. The number of nitrogens with zero attached hydrogens (tertiary/aromatic N) is 1. The lowest BCUT2D eigenvalue weighted by Gasteiger charge is -2.13. The lowest BCUT2D eigenvalue weighted by molar-refractivity contribution is 0.0658. The molecule has 1 saturated heterocycles. The van der Waals surface area contributed by atoms with Gasteiger partial charge in [-0.1, -0.05) is 0 Å². The summed E-state index contributed by atoms with van der Waals surface area (Å²) in [4.78, 5) is 12.9. The topological polar surface area (TPSA) is 79.7 Å². The molecule has 0 bridgehead atoms. The number of furan rings is 1. The van der Waals surface area contributed by atoms with E-state index in [-0.39, 0.29) is 5.76 Å². The third kappa shape index (κ3) is 2.43. The molecule has 5 nitrogen and oxygen atoms in total. The van der Waals surface area contributed by atoms with Crippen molar-refractivity contribution in [1.82, 2.24) is 4.90 Å². The Bertz CT molecular complexity index is 375. The summed E-state index contributed by atoms with van der Waals surface area (Å²) in [5.74, 6) is 0.251. The van der Waals surface area contributed by atoms with Crippen LogP contribution in [0.15, 0.2) is 16.5 Å². The lowest BCUT2D eigenvalue weighted by Crippen LogP contribution is -2.22. The highest BCUT2D eigenvalue weighted by molar-refractivity contribution is 5.84. The van der Waals surface area contributed by atoms with Gasteiger partial charge in [-0.15, -0.1) is 0 Å². The molecular weight excluding hydrogens is 208 g/mol. The minimum atomic E-state index is -1.02. The monoisotopic (exact) mass is 224 g/mol. The molecule has 0 aliphatic carbocycles. The van der Waals surface area contributed by atoms with Crippen LogP contribution in [0.5, 0.6) is 0 Å². The molecule has 1 aliphatic rings. The first kappa shape index (κ1) is 11.2. The quantitative estimate of drug-likeness (QED) is 0.789. The Kier molecular flexibility index (Phi) is 3.26. The first-order valence-corrected chi connectivity index (χ1v) is 5.43. The molecule has 0 radical (unpaired) electrons. The molecule has 1 fully saturated rings. The van der Waals surface area contributed by atoms with Gasteiger partial charge in [-0.05, 0) is 37.6 Å². The smallest absolute Gasteiger partial charge is 0.371 e. The number of hydrogen-bond donors (Lipinski definition) is 2. The van der Waals surface area contributed by atoms with E-state index in [2.05, 4.69) is 4.90 Å². The van der Waals surface area contributed by atoms with Crippen molar-refractivity contribution >= 4 is 5.97 Å². The second-order valence-electron chi connectivity index (χ2n) is 4.20. The third-order valence-electron chi connectivity index (χ3n) is 2.96.